The minimum atomic E-state index is -0.227. The van der Waals surface area contributed by atoms with Gasteiger partial charge in [0.15, 0.2) is 11.5 Å². The molecule has 0 aromatic heterocycles. The number of hydrogen-bond acceptors (Lipinski definition) is 4. The summed E-state index contributed by atoms with van der Waals surface area (Å²) < 4.78 is 10.5. The first-order valence-corrected chi connectivity index (χ1v) is 8.85. The molecule has 2 amide bonds. The van der Waals surface area contributed by atoms with Crippen LogP contribution < -0.4 is 14.8 Å². The summed E-state index contributed by atoms with van der Waals surface area (Å²) in [5.41, 5.74) is 1.07. The van der Waals surface area contributed by atoms with Gasteiger partial charge in [0.1, 0.15) is 0 Å². The Morgan fingerprint density at radius 3 is 2.72 bits per heavy atom. The van der Waals surface area contributed by atoms with Gasteiger partial charge >= 0.3 is 0 Å². The van der Waals surface area contributed by atoms with Crippen LogP contribution in [0.5, 0.6) is 11.5 Å². The lowest BCUT2D eigenvalue weighted by Crippen LogP contribution is -2.34. The molecule has 1 N–H and O–H groups in total. The number of carbonyl (C=O) groups is 2. The SMILES string of the molecule is CCCCNC(=O)[C@H]1CC(=O)N(CCc2ccc(OC)c(OC)c2)C1. The molecule has 0 aliphatic carbocycles. The van der Waals surface area contributed by atoms with Crippen molar-refractivity contribution >= 4 is 11.8 Å². The van der Waals surface area contributed by atoms with Gasteiger partial charge in [0.2, 0.25) is 11.8 Å². The van der Waals surface area contributed by atoms with E-state index in [0.29, 0.717) is 37.6 Å². The van der Waals surface area contributed by atoms with E-state index < -0.39 is 0 Å². The third-order valence-corrected chi connectivity index (χ3v) is 4.53. The molecule has 0 unspecified atom stereocenters. The number of unbranched alkanes of at least 4 members (excludes halogenated alkanes) is 1. The molecule has 6 nitrogen and oxygen atoms in total. The van der Waals surface area contributed by atoms with Crippen molar-refractivity contribution in [2.24, 2.45) is 5.92 Å². The van der Waals surface area contributed by atoms with E-state index in [2.05, 4.69) is 12.2 Å². The first-order valence-electron chi connectivity index (χ1n) is 8.85. The Labute approximate surface area is 149 Å². The second-order valence-corrected chi connectivity index (χ2v) is 6.32. The van der Waals surface area contributed by atoms with Crippen LogP contribution in [0.2, 0.25) is 0 Å². The molecule has 1 saturated heterocycles. The normalized spacial score (nSPS) is 16.8. The summed E-state index contributed by atoms with van der Waals surface area (Å²) in [5.74, 6) is 1.19. The minimum Gasteiger partial charge on any atom is -0.493 e. The predicted octanol–water partition coefficient (Wildman–Crippen LogP) is 2.01. The van der Waals surface area contributed by atoms with Gasteiger partial charge in [-0.15, -0.1) is 0 Å². The zero-order valence-corrected chi connectivity index (χ0v) is 15.3. The molecule has 1 aromatic rings. The summed E-state index contributed by atoms with van der Waals surface area (Å²) in [6, 6.07) is 5.76. The smallest absolute Gasteiger partial charge is 0.225 e. The number of methoxy groups -OCH3 is 2. The summed E-state index contributed by atoms with van der Waals surface area (Å²) in [6.07, 6.45) is 3.04. The molecule has 0 radical (unpaired) electrons. The summed E-state index contributed by atoms with van der Waals surface area (Å²) in [4.78, 5) is 26.1. The van der Waals surface area contributed by atoms with Crippen LogP contribution in [-0.4, -0.2) is 50.6 Å². The average Bonchev–Trinajstić information content (AvgIpc) is 3.00. The fourth-order valence-corrected chi connectivity index (χ4v) is 3.00. The molecule has 1 atom stereocenters. The van der Waals surface area contributed by atoms with Crippen LogP contribution in [0.1, 0.15) is 31.7 Å². The molecule has 138 valence electrons. The molecule has 1 aliphatic rings. The number of nitrogens with one attached hydrogen (secondary N) is 1. The topological polar surface area (TPSA) is 67.9 Å². The quantitative estimate of drug-likeness (QED) is 0.693. The third-order valence-electron chi connectivity index (χ3n) is 4.53. The largest absolute Gasteiger partial charge is 0.493 e. The van der Waals surface area contributed by atoms with E-state index >= 15 is 0 Å². The van der Waals surface area contributed by atoms with Gasteiger partial charge < -0.3 is 19.7 Å². The van der Waals surface area contributed by atoms with Gasteiger partial charge in [0.25, 0.3) is 0 Å². The van der Waals surface area contributed by atoms with Crippen molar-refractivity contribution in [3.63, 3.8) is 0 Å². The van der Waals surface area contributed by atoms with Crippen molar-refractivity contribution in [3.05, 3.63) is 23.8 Å². The second kappa shape index (κ2) is 9.30. The van der Waals surface area contributed by atoms with Crippen molar-refractivity contribution in [1.29, 1.82) is 0 Å². The number of benzene rings is 1. The molecule has 0 bridgehead atoms. The van der Waals surface area contributed by atoms with Crippen molar-refractivity contribution < 1.29 is 19.1 Å². The van der Waals surface area contributed by atoms with Crippen molar-refractivity contribution in [2.75, 3.05) is 33.9 Å². The van der Waals surface area contributed by atoms with Gasteiger partial charge in [-0.3, -0.25) is 9.59 Å². The molecule has 1 aromatic carbocycles. The van der Waals surface area contributed by atoms with Crippen LogP contribution in [0.25, 0.3) is 0 Å². The average molecular weight is 348 g/mol. The lowest BCUT2D eigenvalue weighted by molar-refractivity contribution is -0.129. The van der Waals surface area contributed by atoms with Gasteiger partial charge in [-0.2, -0.15) is 0 Å². The van der Waals surface area contributed by atoms with E-state index in [1.54, 1.807) is 19.1 Å². The van der Waals surface area contributed by atoms with Gasteiger partial charge in [0, 0.05) is 26.1 Å². The molecule has 2 rings (SSSR count). The molecule has 6 heteroatoms. The molecule has 0 saturated carbocycles. The van der Waals surface area contributed by atoms with Gasteiger partial charge in [0.05, 0.1) is 20.1 Å². The van der Waals surface area contributed by atoms with Crippen LogP contribution in [-0.2, 0) is 16.0 Å². The maximum Gasteiger partial charge on any atom is 0.225 e. The highest BCUT2D eigenvalue weighted by atomic mass is 16.5. The first-order chi connectivity index (χ1) is 12.1. The van der Waals surface area contributed by atoms with Crippen LogP contribution in [0.3, 0.4) is 0 Å². The van der Waals surface area contributed by atoms with E-state index in [1.807, 2.05) is 18.2 Å². The minimum absolute atomic E-state index is 0.00424. The summed E-state index contributed by atoms with van der Waals surface area (Å²) in [6.45, 7) is 3.88. The molecule has 1 fully saturated rings. The predicted molar refractivity (Wildman–Crippen MR) is 95.9 cm³/mol. The van der Waals surface area contributed by atoms with Crippen LogP contribution in [0.15, 0.2) is 18.2 Å². The molecule has 0 spiro atoms. The van der Waals surface area contributed by atoms with E-state index in [-0.39, 0.29) is 17.7 Å². The first kappa shape index (κ1) is 19.1. The number of ether oxygens (including phenoxy) is 2. The summed E-state index contributed by atoms with van der Waals surface area (Å²) in [7, 11) is 3.21. The second-order valence-electron chi connectivity index (χ2n) is 6.32. The Balaban J connectivity index is 1.87. The highest BCUT2D eigenvalue weighted by Crippen LogP contribution is 2.28. The van der Waals surface area contributed by atoms with Gasteiger partial charge in [-0.05, 0) is 30.5 Å². The Morgan fingerprint density at radius 1 is 1.28 bits per heavy atom. The molecular weight excluding hydrogens is 320 g/mol. The molecule has 1 aliphatic heterocycles. The lowest BCUT2D eigenvalue weighted by Gasteiger charge is -2.17. The maximum atomic E-state index is 12.2. The Kier molecular flexibility index (Phi) is 7.10. The van der Waals surface area contributed by atoms with Crippen LogP contribution >= 0.6 is 0 Å². The Bertz CT molecular complexity index is 603. The standard InChI is InChI=1S/C19H28N2O4/c1-4-5-9-20-19(23)15-12-18(22)21(13-15)10-8-14-6-7-16(24-2)17(11-14)25-3/h6-7,11,15H,4-5,8-10,12-13H2,1-3H3,(H,20,23)/t15-/m0/s1. The fraction of sp³-hybridized carbons (Fsp3) is 0.579. The lowest BCUT2D eigenvalue weighted by atomic mass is 10.1. The van der Waals surface area contributed by atoms with Gasteiger partial charge in [-0.1, -0.05) is 19.4 Å². The highest BCUT2D eigenvalue weighted by molar-refractivity contribution is 5.89. The van der Waals surface area contributed by atoms with E-state index in [1.165, 1.54) is 0 Å². The summed E-state index contributed by atoms with van der Waals surface area (Å²) in [5, 5.41) is 2.92. The van der Waals surface area contributed by atoms with Crippen LogP contribution in [0, 0.1) is 5.92 Å². The number of carbonyl (C=O) groups excluding carboxylic acids is 2. The van der Waals surface area contributed by atoms with E-state index in [9.17, 15) is 9.59 Å². The van der Waals surface area contributed by atoms with Crippen molar-refractivity contribution in [3.8, 4) is 11.5 Å². The fourth-order valence-electron chi connectivity index (χ4n) is 3.00. The number of likely N-dealkylation sites (tertiary alicyclic amines) is 1. The van der Waals surface area contributed by atoms with E-state index in [0.717, 1.165) is 24.8 Å². The number of amides is 2. The summed E-state index contributed by atoms with van der Waals surface area (Å²) >= 11 is 0. The Morgan fingerprint density at radius 2 is 2.04 bits per heavy atom. The number of hydrogen-bond donors (Lipinski definition) is 1. The zero-order valence-electron chi connectivity index (χ0n) is 15.3. The van der Waals surface area contributed by atoms with Crippen molar-refractivity contribution in [2.45, 2.75) is 32.6 Å². The zero-order chi connectivity index (χ0) is 18.2. The molecule has 25 heavy (non-hydrogen) atoms. The highest BCUT2D eigenvalue weighted by Gasteiger charge is 2.33. The Hall–Kier alpha value is -2.24. The van der Waals surface area contributed by atoms with Crippen LogP contribution in [0.4, 0.5) is 0 Å². The number of rotatable bonds is 9. The monoisotopic (exact) mass is 348 g/mol. The van der Waals surface area contributed by atoms with Gasteiger partial charge in [-0.25, -0.2) is 0 Å². The number of nitrogens with zero attached hydrogens (tertiary/aromatic N) is 1. The molecule has 1 heterocycles. The van der Waals surface area contributed by atoms with Crippen molar-refractivity contribution in [1.82, 2.24) is 10.2 Å². The van der Waals surface area contributed by atoms with E-state index in [4.69, 9.17) is 9.47 Å². The maximum absolute atomic E-state index is 12.2. The third kappa shape index (κ3) is 5.11. The molecular formula is C19H28N2O4.